The number of benzene rings is 2. The van der Waals surface area contributed by atoms with Crippen molar-refractivity contribution in [1.29, 1.82) is 0 Å². The molecule has 0 bridgehead atoms. The minimum absolute atomic E-state index is 0.0245. The van der Waals surface area contributed by atoms with Crippen molar-refractivity contribution < 1.29 is 18.0 Å². The van der Waals surface area contributed by atoms with Crippen LogP contribution in [0.25, 0.3) is 0 Å². The first-order valence-electron chi connectivity index (χ1n) is 9.69. The zero-order valence-electron chi connectivity index (χ0n) is 16.5. The molecule has 2 amide bonds. The topological polar surface area (TPSA) is 117 Å². The Bertz CT molecular complexity index is 1230. The minimum atomic E-state index is -3.79. The third-order valence-electron chi connectivity index (χ3n) is 4.82. The largest absolute Gasteiger partial charge is 0.326 e. The lowest BCUT2D eigenvalue weighted by atomic mass is 10.0. The molecular weight excluding hydrogens is 416 g/mol. The van der Waals surface area contributed by atoms with Crippen molar-refractivity contribution in [1.82, 2.24) is 4.98 Å². The summed E-state index contributed by atoms with van der Waals surface area (Å²) in [5.74, 6) is -0.122. The predicted octanol–water partition coefficient (Wildman–Crippen LogP) is 3.41. The molecular formula is C22H20N4O4S. The van der Waals surface area contributed by atoms with Gasteiger partial charge in [-0.15, -0.1) is 0 Å². The second kappa shape index (κ2) is 8.57. The Morgan fingerprint density at radius 2 is 1.81 bits per heavy atom. The highest BCUT2D eigenvalue weighted by Gasteiger charge is 2.17. The van der Waals surface area contributed by atoms with Crippen molar-refractivity contribution in [2.75, 3.05) is 15.4 Å². The SMILES string of the molecule is O=C1CCCc2cc(C(=O)Nc3ccc(S(=O)(=O)Nc4ccccn4)cc3)ccc2N1. The summed E-state index contributed by atoms with van der Waals surface area (Å²) >= 11 is 0. The maximum Gasteiger partial charge on any atom is 0.263 e. The number of anilines is 3. The van der Waals surface area contributed by atoms with Crippen molar-refractivity contribution in [3.63, 3.8) is 0 Å². The zero-order valence-corrected chi connectivity index (χ0v) is 17.3. The second-order valence-corrected chi connectivity index (χ2v) is 8.76. The third kappa shape index (κ3) is 4.89. The van der Waals surface area contributed by atoms with Gasteiger partial charge in [0.05, 0.1) is 4.90 Å². The van der Waals surface area contributed by atoms with E-state index in [1.54, 1.807) is 36.4 Å². The molecule has 0 saturated carbocycles. The summed E-state index contributed by atoms with van der Waals surface area (Å²) < 4.78 is 27.4. The van der Waals surface area contributed by atoms with Crippen LogP contribution >= 0.6 is 0 Å². The lowest BCUT2D eigenvalue weighted by molar-refractivity contribution is -0.116. The minimum Gasteiger partial charge on any atom is -0.326 e. The smallest absolute Gasteiger partial charge is 0.263 e. The number of carbonyl (C=O) groups is 2. The molecule has 3 aromatic rings. The fourth-order valence-corrected chi connectivity index (χ4v) is 4.26. The van der Waals surface area contributed by atoms with Gasteiger partial charge in [-0.2, -0.15) is 0 Å². The van der Waals surface area contributed by atoms with Gasteiger partial charge in [0.1, 0.15) is 5.82 Å². The van der Waals surface area contributed by atoms with Gasteiger partial charge in [-0.25, -0.2) is 13.4 Å². The summed E-state index contributed by atoms with van der Waals surface area (Å²) in [4.78, 5) is 28.3. The van der Waals surface area contributed by atoms with E-state index in [-0.39, 0.29) is 22.5 Å². The number of rotatable bonds is 5. The first-order chi connectivity index (χ1) is 14.9. The molecule has 4 rings (SSSR count). The van der Waals surface area contributed by atoms with E-state index in [2.05, 4.69) is 20.3 Å². The van der Waals surface area contributed by atoms with Crippen LogP contribution in [-0.4, -0.2) is 25.2 Å². The molecule has 0 saturated heterocycles. The van der Waals surface area contributed by atoms with Crippen LogP contribution in [0.2, 0.25) is 0 Å². The molecule has 31 heavy (non-hydrogen) atoms. The van der Waals surface area contributed by atoms with E-state index in [0.717, 1.165) is 17.7 Å². The second-order valence-electron chi connectivity index (χ2n) is 7.07. The molecule has 1 aliphatic heterocycles. The van der Waals surface area contributed by atoms with Crippen molar-refractivity contribution in [3.8, 4) is 0 Å². The van der Waals surface area contributed by atoms with Gasteiger partial charge in [0, 0.05) is 29.6 Å². The molecule has 0 atom stereocenters. The number of aryl methyl sites for hydroxylation is 1. The van der Waals surface area contributed by atoms with E-state index in [1.807, 2.05) is 0 Å². The van der Waals surface area contributed by atoms with E-state index in [0.29, 0.717) is 24.1 Å². The average molecular weight is 436 g/mol. The first kappa shape index (κ1) is 20.5. The van der Waals surface area contributed by atoms with Gasteiger partial charge in [0.2, 0.25) is 5.91 Å². The summed E-state index contributed by atoms with van der Waals surface area (Å²) in [5, 5.41) is 5.60. The molecule has 9 heteroatoms. The van der Waals surface area contributed by atoms with E-state index >= 15 is 0 Å². The maximum absolute atomic E-state index is 12.6. The lowest BCUT2D eigenvalue weighted by Crippen LogP contribution is -2.15. The molecule has 0 radical (unpaired) electrons. The Morgan fingerprint density at radius 1 is 1.00 bits per heavy atom. The monoisotopic (exact) mass is 436 g/mol. The Hall–Kier alpha value is -3.72. The maximum atomic E-state index is 12.6. The Morgan fingerprint density at radius 3 is 2.55 bits per heavy atom. The fourth-order valence-electron chi connectivity index (χ4n) is 3.26. The van der Waals surface area contributed by atoms with Gasteiger partial charge in [0.15, 0.2) is 0 Å². The van der Waals surface area contributed by atoms with E-state index in [9.17, 15) is 18.0 Å². The number of carbonyl (C=O) groups excluding carboxylic acids is 2. The van der Waals surface area contributed by atoms with Crippen LogP contribution in [0.1, 0.15) is 28.8 Å². The number of fused-ring (bicyclic) bond motifs is 1. The van der Waals surface area contributed by atoms with Crippen LogP contribution < -0.4 is 15.4 Å². The predicted molar refractivity (Wildman–Crippen MR) is 117 cm³/mol. The summed E-state index contributed by atoms with van der Waals surface area (Å²) in [6.45, 7) is 0. The highest BCUT2D eigenvalue weighted by Crippen LogP contribution is 2.24. The quantitative estimate of drug-likeness (QED) is 0.567. The molecule has 2 aromatic carbocycles. The number of aromatic nitrogens is 1. The number of nitrogens with one attached hydrogen (secondary N) is 3. The zero-order chi connectivity index (χ0) is 21.8. The van der Waals surface area contributed by atoms with E-state index in [4.69, 9.17) is 0 Å². The first-order valence-corrected chi connectivity index (χ1v) is 11.2. The van der Waals surface area contributed by atoms with Crippen molar-refractivity contribution >= 4 is 39.0 Å². The molecule has 8 nitrogen and oxygen atoms in total. The molecule has 158 valence electrons. The Balaban J connectivity index is 1.46. The van der Waals surface area contributed by atoms with Gasteiger partial charge >= 0.3 is 0 Å². The molecule has 0 fully saturated rings. The van der Waals surface area contributed by atoms with Crippen LogP contribution in [0.5, 0.6) is 0 Å². The fraction of sp³-hybridized carbons (Fsp3) is 0.136. The van der Waals surface area contributed by atoms with Crippen LogP contribution in [0.4, 0.5) is 17.2 Å². The van der Waals surface area contributed by atoms with E-state index in [1.165, 1.54) is 30.5 Å². The number of hydrogen-bond donors (Lipinski definition) is 3. The Labute approximate surface area is 179 Å². The summed E-state index contributed by atoms with van der Waals surface area (Å²) in [6.07, 6.45) is 3.39. The molecule has 0 unspecified atom stereocenters. The normalized spacial score (nSPS) is 13.5. The van der Waals surface area contributed by atoms with Crippen molar-refractivity contribution in [3.05, 3.63) is 78.0 Å². The Kier molecular flexibility index (Phi) is 5.68. The molecule has 1 aliphatic rings. The molecule has 1 aromatic heterocycles. The number of amides is 2. The summed E-state index contributed by atoms with van der Waals surface area (Å²) in [7, 11) is -3.79. The highest BCUT2D eigenvalue weighted by atomic mass is 32.2. The van der Waals surface area contributed by atoms with E-state index < -0.39 is 10.0 Å². The van der Waals surface area contributed by atoms with Crippen LogP contribution in [-0.2, 0) is 21.2 Å². The summed E-state index contributed by atoms with van der Waals surface area (Å²) in [5.41, 5.74) is 2.57. The number of sulfonamides is 1. The van der Waals surface area contributed by atoms with Crippen LogP contribution in [0.3, 0.4) is 0 Å². The molecule has 0 aliphatic carbocycles. The van der Waals surface area contributed by atoms with Gasteiger partial charge in [-0.3, -0.25) is 14.3 Å². The molecule has 0 spiro atoms. The third-order valence-corrected chi connectivity index (χ3v) is 6.19. The number of pyridine rings is 1. The van der Waals surface area contributed by atoms with Crippen LogP contribution in [0, 0.1) is 0 Å². The van der Waals surface area contributed by atoms with Gasteiger partial charge < -0.3 is 10.6 Å². The van der Waals surface area contributed by atoms with Crippen molar-refractivity contribution in [2.24, 2.45) is 0 Å². The average Bonchev–Trinajstić information content (AvgIpc) is 2.94. The van der Waals surface area contributed by atoms with Crippen LogP contribution in [0.15, 0.2) is 71.8 Å². The van der Waals surface area contributed by atoms with Crippen molar-refractivity contribution in [2.45, 2.75) is 24.2 Å². The number of nitrogens with zero attached hydrogens (tertiary/aromatic N) is 1. The number of hydrogen-bond acceptors (Lipinski definition) is 5. The standard InChI is InChI=1S/C22H20N4O4S/c27-21-6-3-4-15-14-16(7-12-19(15)25-21)22(28)24-17-8-10-18(11-9-17)31(29,30)26-20-5-1-2-13-23-20/h1-2,5,7-14H,3-4,6H2,(H,23,26)(H,24,28)(H,25,27). The molecule has 3 N–H and O–H groups in total. The van der Waals surface area contributed by atoms with Gasteiger partial charge in [-0.05, 0) is 73.0 Å². The van der Waals surface area contributed by atoms with Gasteiger partial charge in [0.25, 0.3) is 15.9 Å². The summed E-state index contributed by atoms with van der Waals surface area (Å²) in [6, 6.07) is 15.9. The lowest BCUT2D eigenvalue weighted by Gasteiger charge is -2.11. The molecule has 2 heterocycles. The highest BCUT2D eigenvalue weighted by molar-refractivity contribution is 7.92. The van der Waals surface area contributed by atoms with Gasteiger partial charge in [-0.1, -0.05) is 6.07 Å².